The van der Waals surface area contributed by atoms with Gasteiger partial charge in [-0.25, -0.2) is 0 Å². The average molecular weight is 325 g/mol. The second-order valence-corrected chi connectivity index (χ2v) is 4.95. The van der Waals surface area contributed by atoms with Crippen LogP contribution < -0.4 is 10.1 Å². The first kappa shape index (κ1) is 16.1. The normalized spacial score (nSPS) is 10.1. The van der Waals surface area contributed by atoms with Gasteiger partial charge in [-0.2, -0.15) is 0 Å². The quantitative estimate of drug-likeness (QED) is 0.666. The number of rotatable bonds is 5. The molecule has 1 amide bonds. The van der Waals surface area contributed by atoms with Crippen molar-refractivity contribution in [2.45, 2.75) is 19.3 Å². The van der Waals surface area contributed by atoms with Gasteiger partial charge in [0, 0.05) is 24.9 Å². The highest BCUT2D eigenvalue weighted by Gasteiger charge is 2.14. The Hall–Kier alpha value is -0.970. The molecule has 0 aliphatic rings. The van der Waals surface area contributed by atoms with E-state index in [1.54, 1.807) is 0 Å². The third-order valence-corrected chi connectivity index (χ3v) is 3.02. The molecule has 19 heavy (non-hydrogen) atoms. The molecule has 0 atom stereocenters. The molecule has 0 radical (unpaired) electrons. The van der Waals surface area contributed by atoms with Gasteiger partial charge < -0.3 is 10.1 Å². The summed E-state index contributed by atoms with van der Waals surface area (Å²) in [7, 11) is 1.54. The highest BCUT2D eigenvalue weighted by Crippen LogP contribution is 2.36. The van der Waals surface area contributed by atoms with Gasteiger partial charge in [0.25, 0.3) is 0 Å². The van der Waals surface area contributed by atoms with Crippen LogP contribution in [0.2, 0.25) is 15.1 Å². The number of hydrogen-bond acceptors (Lipinski definition) is 3. The van der Waals surface area contributed by atoms with Crippen molar-refractivity contribution in [3.8, 4) is 5.75 Å². The maximum atomic E-state index is 11.6. The molecule has 0 aromatic heterocycles. The van der Waals surface area contributed by atoms with Crippen molar-refractivity contribution in [1.82, 2.24) is 5.32 Å². The number of hydrogen-bond donors (Lipinski definition) is 1. The maximum Gasteiger partial charge on any atom is 0.311 e. The molecule has 0 saturated heterocycles. The van der Waals surface area contributed by atoms with Gasteiger partial charge in [0.2, 0.25) is 5.91 Å². The second-order valence-electron chi connectivity index (χ2n) is 3.70. The van der Waals surface area contributed by atoms with Gasteiger partial charge >= 0.3 is 5.97 Å². The SMILES string of the molecule is CNC(=O)CCCC(=O)Oc1c(Cl)cc(Cl)cc1Cl. The van der Waals surface area contributed by atoms with Crippen LogP contribution in [0.15, 0.2) is 12.1 Å². The van der Waals surface area contributed by atoms with E-state index in [2.05, 4.69) is 5.32 Å². The summed E-state index contributed by atoms with van der Waals surface area (Å²) in [5, 5.41) is 3.15. The Morgan fingerprint density at radius 1 is 1.16 bits per heavy atom. The lowest BCUT2D eigenvalue weighted by Crippen LogP contribution is -2.18. The largest absolute Gasteiger partial charge is 0.423 e. The van der Waals surface area contributed by atoms with Crippen LogP contribution in [0.4, 0.5) is 0 Å². The summed E-state index contributed by atoms with van der Waals surface area (Å²) in [5.74, 6) is -0.553. The lowest BCUT2D eigenvalue weighted by atomic mass is 10.2. The zero-order valence-corrected chi connectivity index (χ0v) is 12.4. The minimum Gasteiger partial charge on any atom is -0.423 e. The Morgan fingerprint density at radius 3 is 2.26 bits per heavy atom. The third kappa shape index (κ3) is 5.27. The number of carbonyl (C=O) groups is 2. The van der Waals surface area contributed by atoms with E-state index < -0.39 is 5.97 Å². The fraction of sp³-hybridized carbons (Fsp3) is 0.333. The minimum absolute atomic E-state index is 0.0812. The first-order chi connectivity index (χ1) is 8.93. The average Bonchev–Trinajstić information content (AvgIpc) is 2.33. The Balaban J connectivity index is 2.56. The van der Waals surface area contributed by atoms with Crippen LogP contribution in [-0.4, -0.2) is 18.9 Å². The predicted octanol–water partition coefficient (Wildman–Crippen LogP) is 3.47. The molecule has 4 nitrogen and oxygen atoms in total. The predicted molar refractivity (Wildman–Crippen MR) is 75.0 cm³/mol. The smallest absolute Gasteiger partial charge is 0.311 e. The molecule has 0 aliphatic heterocycles. The molecule has 0 heterocycles. The topological polar surface area (TPSA) is 55.4 Å². The molecule has 1 rings (SSSR count). The van der Waals surface area contributed by atoms with E-state index in [4.69, 9.17) is 39.5 Å². The van der Waals surface area contributed by atoms with E-state index in [-0.39, 0.29) is 34.5 Å². The van der Waals surface area contributed by atoms with Gasteiger partial charge in [-0.3, -0.25) is 9.59 Å². The molecule has 0 spiro atoms. The van der Waals surface area contributed by atoms with Crippen LogP contribution in [-0.2, 0) is 9.59 Å². The molecule has 0 saturated carbocycles. The second kappa shape index (κ2) is 7.58. The number of esters is 1. The maximum absolute atomic E-state index is 11.6. The molecule has 0 bridgehead atoms. The Labute approximate surface area is 126 Å². The number of ether oxygens (including phenoxy) is 1. The van der Waals surface area contributed by atoms with E-state index in [9.17, 15) is 9.59 Å². The van der Waals surface area contributed by atoms with E-state index >= 15 is 0 Å². The number of benzene rings is 1. The third-order valence-electron chi connectivity index (χ3n) is 2.24. The summed E-state index contributed by atoms with van der Waals surface area (Å²) in [6.07, 6.45) is 0.748. The number of nitrogens with one attached hydrogen (secondary N) is 1. The standard InChI is InChI=1S/C12H12Cl3NO3/c1-16-10(17)3-2-4-11(18)19-12-8(14)5-7(13)6-9(12)15/h5-6H,2-4H2,1H3,(H,16,17). The molecule has 0 unspecified atom stereocenters. The number of amides is 1. The molecule has 0 fully saturated rings. The highest BCUT2D eigenvalue weighted by molar-refractivity contribution is 6.40. The van der Waals surface area contributed by atoms with Crippen molar-refractivity contribution >= 4 is 46.7 Å². The zero-order chi connectivity index (χ0) is 14.4. The Bertz CT molecular complexity index is 468. The van der Waals surface area contributed by atoms with E-state index in [0.717, 1.165) is 0 Å². The van der Waals surface area contributed by atoms with Crippen molar-refractivity contribution in [3.63, 3.8) is 0 Å². The zero-order valence-electron chi connectivity index (χ0n) is 10.1. The molecule has 0 aliphatic carbocycles. The highest BCUT2D eigenvalue weighted by atomic mass is 35.5. The van der Waals surface area contributed by atoms with Crippen molar-refractivity contribution < 1.29 is 14.3 Å². The van der Waals surface area contributed by atoms with E-state index in [0.29, 0.717) is 11.4 Å². The van der Waals surface area contributed by atoms with Crippen LogP contribution in [0.1, 0.15) is 19.3 Å². The number of halogens is 3. The molecule has 1 aromatic carbocycles. The fourth-order valence-corrected chi connectivity index (χ4v) is 2.20. The van der Waals surface area contributed by atoms with Crippen molar-refractivity contribution in [2.75, 3.05) is 7.05 Å². The lowest BCUT2D eigenvalue weighted by Gasteiger charge is -2.08. The summed E-state index contributed by atoms with van der Waals surface area (Å²) >= 11 is 17.5. The summed E-state index contributed by atoms with van der Waals surface area (Å²) in [5.41, 5.74) is 0. The molecule has 1 aromatic rings. The van der Waals surface area contributed by atoms with Crippen LogP contribution in [0.25, 0.3) is 0 Å². The monoisotopic (exact) mass is 323 g/mol. The molecule has 1 N–H and O–H groups in total. The van der Waals surface area contributed by atoms with Gasteiger partial charge in [0.15, 0.2) is 5.75 Å². The van der Waals surface area contributed by atoms with Crippen LogP contribution in [0.3, 0.4) is 0 Å². The van der Waals surface area contributed by atoms with Gasteiger partial charge in [-0.1, -0.05) is 34.8 Å². The molecule has 7 heteroatoms. The first-order valence-electron chi connectivity index (χ1n) is 5.50. The van der Waals surface area contributed by atoms with Gasteiger partial charge in [-0.05, 0) is 18.6 Å². The van der Waals surface area contributed by atoms with Gasteiger partial charge in [0.1, 0.15) is 0 Å². The summed E-state index contributed by atoms with van der Waals surface area (Å²) < 4.78 is 5.05. The Morgan fingerprint density at radius 2 is 1.74 bits per heavy atom. The molecular weight excluding hydrogens is 312 g/mol. The van der Waals surface area contributed by atoms with E-state index in [1.165, 1.54) is 19.2 Å². The summed E-state index contributed by atoms with van der Waals surface area (Å²) in [6, 6.07) is 2.87. The van der Waals surface area contributed by atoms with Crippen molar-refractivity contribution in [3.05, 3.63) is 27.2 Å². The first-order valence-corrected chi connectivity index (χ1v) is 6.63. The number of carbonyl (C=O) groups excluding carboxylic acids is 2. The van der Waals surface area contributed by atoms with Crippen LogP contribution in [0, 0.1) is 0 Å². The molecular formula is C12H12Cl3NO3. The summed E-state index contributed by atoms with van der Waals surface area (Å²) in [6.45, 7) is 0. The van der Waals surface area contributed by atoms with E-state index in [1.807, 2.05) is 0 Å². The summed E-state index contributed by atoms with van der Waals surface area (Å²) in [4.78, 5) is 22.5. The fourth-order valence-electron chi connectivity index (χ4n) is 1.31. The minimum atomic E-state index is -0.505. The lowest BCUT2D eigenvalue weighted by molar-refractivity contribution is -0.134. The van der Waals surface area contributed by atoms with Gasteiger partial charge in [-0.15, -0.1) is 0 Å². The molecule has 104 valence electrons. The Kier molecular flexibility index (Phi) is 6.42. The van der Waals surface area contributed by atoms with Crippen LogP contribution in [0.5, 0.6) is 5.75 Å². The van der Waals surface area contributed by atoms with Gasteiger partial charge in [0.05, 0.1) is 10.0 Å². The van der Waals surface area contributed by atoms with Crippen molar-refractivity contribution in [1.29, 1.82) is 0 Å². The van der Waals surface area contributed by atoms with Crippen LogP contribution >= 0.6 is 34.8 Å². The van der Waals surface area contributed by atoms with Crippen molar-refractivity contribution in [2.24, 2.45) is 0 Å².